The molecule has 2 aliphatic rings. The molecule has 1 N–H and O–H groups in total. The molecule has 5 rings (SSSR count). The summed E-state index contributed by atoms with van der Waals surface area (Å²) in [5.41, 5.74) is 0.346. The summed E-state index contributed by atoms with van der Waals surface area (Å²) in [5, 5.41) is 2.56. The molecule has 1 saturated carbocycles. The molecule has 2 unspecified atom stereocenters. The Hall–Kier alpha value is -4.34. The molecule has 0 bridgehead atoms. The number of nitrogens with zero attached hydrogens (tertiary/aromatic N) is 3. The molecule has 2 atom stereocenters. The average molecular weight is 709 g/mol. The Morgan fingerprint density at radius 3 is 2.38 bits per heavy atom. The van der Waals surface area contributed by atoms with Gasteiger partial charge in [0.2, 0.25) is 11.8 Å². The molecule has 16 heteroatoms. The van der Waals surface area contributed by atoms with E-state index in [2.05, 4.69) is 5.32 Å². The molecular formula is C32H32ClF3N4O7S. The third-order valence-corrected chi connectivity index (χ3v) is 10.4. The molecule has 256 valence electrons. The number of ether oxygens (including phenoxy) is 2. The van der Waals surface area contributed by atoms with Gasteiger partial charge in [-0.2, -0.15) is 17.0 Å². The predicted octanol–water partition coefficient (Wildman–Crippen LogP) is 5.24. The summed E-state index contributed by atoms with van der Waals surface area (Å²) in [6, 6.07) is 13.4. The number of methoxy groups -OCH3 is 1. The quantitative estimate of drug-likeness (QED) is 0.273. The van der Waals surface area contributed by atoms with E-state index in [1.165, 1.54) is 44.4 Å². The van der Waals surface area contributed by atoms with E-state index in [9.17, 15) is 36.0 Å². The SMILES string of the molecule is COc1ccc(C(C)N(CC(=O)N(c2cccc(F)c2)C(C(=O)NC2CC(F)(F)C2)c2ccccc2Cl)S(=O)(=O)N2CCOC2=O)cc1. The van der Waals surface area contributed by atoms with E-state index >= 15 is 0 Å². The van der Waals surface area contributed by atoms with E-state index in [1.54, 1.807) is 30.3 Å². The minimum atomic E-state index is -4.75. The van der Waals surface area contributed by atoms with Crippen molar-refractivity contribution < 1.29 is 45.4 Å². The first kappa shape index (κ1) is 35.0. The Bertz CT molecular complexity index is 1790. The summed E-state index contributed by atoms with van der Waals surface area (Å²) in [6.07, 6.45) is -2.39. The van der Waals surface area contributed by atoms with Crippen molar-refractivity contribution >= 4 is 45.4 Å². The molecule has 3 aromatic carbocycles. The maximum absolute atomic E-state index is 14.7. The standard InChI is InChI=1S/C32H32ClF3N4O7S/c1-20(21-10-12-25(46-2)13-11-21)39(48(44,45)38-14-15-47-31(38)43)19-28(41)40(24-7-5-6-22(34)16-24)29(26-8-3-4-9-27(26)33)30(42)37-23-17-32(35,36)18-23/h3-13,16,20,23,29H,14-15,17-19H2,1-2H3,(H,37,42). The second kappa shape index (κ2) is 14.0. The van der Waals surface area contributed by atoms with Gasteiger partial charge in [0.1, 0.15) is 24.2 Å². The van der Waals surface area contributed by atoms with Gasteiger partial charge in [0.05, 0.1) is 20.2 Å². The van der Waals surface area contributed by atoms with Gasteiger partial charge in [-0.05, 0) is 48.9 Å². The number of nitrogens with one attached hydrogen (secondary N) is 1. The van der Waals surface area contributed by atoms with Crippen LogP contribution >= 0.6 is 11.6 Å². The van der Waals surface area contributed by atoms with Crippen LogP contribution in [0.2, 0.25) is 5.02 Å². The highest BCUT2D eigenvalue weighted by molar-refractivity contribution is 7.87. The van der Waals surface area contributed by atoms with E-state index in [1.807, 2.05) is 0 Å². The Morgan fingerprint density at radius 2 is 1.79 bits per heavy atom. The molecule has 0 aromatic heterocycles. The number of benzene rings is 3. The second-order valence-corrected chi connectivity index (χ2v) is 13.5. The van der Waals surface area contributed by atoms with Crippen LogP contribution in [0.4, 0.5) is 23.7 Å². The molecule has 3 aromatic rings. The first-order chi connectivity index (χ1) is 22.7. The monoisotopic (exact) mass is 708 g/mol. The Labute approximate surface area is 280 Å². The topological polar surface area (TPSA) is 126 Å². The zero-order chi connectivity index (χ0) is 34.8. The van der Waals surface area contributed by atoms with Gasteiger partial charge in [-0.25, -0.2) is 18.0 Å². The van der Waals surface area contributed by atoms with Gasteiger partial charge < -0.3 is 14.8 Å². The number of halogens is 4. The van der Waals surface area contributed by atoms with Crippen LogP contribution in [0.3, 0.4) is 0 Å². The molecular weight excluding hydrogens is 677 g/mol. The normalized spacial score (nSPS) is 17.3. The molecule has 3 amide bonds. The van der Waals surface area contributed by atoms with Crippen LogP contribution in [0.5, 0.6) is 5.75 Å². The van der Waals surface area contributed by atoms with Gasteiger partial charge in [-0.15, -0.1) is 0 Å². The van der Waals surface area contributed by atoms with Crippen molar-refractivity contribution in [2.75, 3.05) is 31.7 Å². The number of cyclic esters (lactones) is 1. The number of hydrogen-bond donors (Lipinski definition) is 1. The summed E-state index contributed by atoms with van der Waals surface area (Å²) in [6.45, 7) is 0.0216. The van der Waals surface area contributed by atoms with Crippen molar-refractivity contribution in [3.05, 3.63) is 94.8 Å². The van der Waals surface area contributed by atoms with Gasteiger partial charge in [0, 0.05) is 41.2 Å². The number of carbonyl (C=O) groups is 3. The smallest absolute Gasteiger partial charge is 0.424 e. The van der Waals surface area contributed by atoms with Gasteiger partial charge in [0.15, 0.2) is 0 Å². The Kier molecular flexibility index (Phi) is 10.2. The molecule has 0 radical (unpaired) electrons. The highest BCUT2D eigenvalue weighted by Crippen LogP contribution is 2.39. The average Bonchev–Trinajstić information content (AvgIpc) is 3.48. The molecule has 1 saturated heterocycles. The summed E-state index contributed by atoms with van der Waals surface area (Å²) < 4.78 is 81.5. The summed E-state index contributed by atoms with van der Waals surface area (Å²) in [4.78, 5) is 41.8. The van der Waals surface area contributed by atoms with Gasteiger partial charge in [-0.1, -0.05) is 48.0 Å². The molecule has 1 heterocycles. The zero-order valence-corrected chi connectivity index (χ0v) is 27.4. The number of rotatable bonds is 12. The molecule has 11 nitrogen and oxygen atoms in total. The highest BCUT2D eigenvalue weighted by atomic mass is 35.5. The zero-order valence-electron chi connectivity index (χ0n) is 25.8. The number of hydrogen-bond acceptors (Lipinski definition) is 7. The van der Waals surface area contributed by atoms with Crippen LogP contribution in [-0.4, -0.2) is 73.7 Å². The molecule has 1 aliphatic heterocycles. The van der Waals surface area contributed by atoms with Crippen LogP contribution in [-0.2, 0) is 24.5 Å². The largest absolute Gasteiger partial charge is 0.497 e. The van der Waals surface area contributed by atoms with Crippen molar-refractivity contribution in [3.8, 4) is 5.75 Å². The van der Waals surface area contributed by atoms with Crippen LogP contribution < -0.4 is 15.0 Å². The first-order valence-electron chi connectivity index (χ1n) is 14.8. The van der Waals surface area contributed by atoms with Crippen molar-refractivity contribution in [3.63, 3.8) is 0 Å². The maximum Gasteiger partial charge on any atom is 0.424 e. The van der Waals surface area contributed by atoms with E-state index in [-0.39, 0.29) is 29.4 Å². The minimum Gasteiger partial charge on any atom is -0.497 e. The van der Waals surface area contributed by atoms with Crippen molar-refractivity contribution in [2.24, 2.45) is 0 Å². The highest BCUT2D eigenvalue weighted by Gasteiger charge is 2.48. The number of amides is 3. The summed E-state index contributed by atoms with van der Waals surface area (Å²) in [5.74, 6) is -5.19. The lowest BCUT2D eigenvalue weighted by atomic mass is 9.87. The van der Waals surface area contributed by atoms with E-state index in [0.717, 1.165) is 21.3 Å². The van der Waals surface area contributed by atoms with Crippen LogP contribution in [0.25, 0.3) is 0 Å². The molecule has 1 aliphatic carbocycles. The fraction of sp³-hybridized carbons (Fsp3) is 0.344. The van der Waals surface area contributed by atoms with Crippen molar-refractivity contribution in [2.45, 2.75) is 43.8 Å². The molecule has 48 heavy (non-hydrogen) atoms. The predicted molar refractivity (Wildman–Crippen MR) is 169 cm³/mol. The Balaban J connectivity index is 1.60. The van der Waals surface area contributed by atoms with Crippen LogP contribution in [0.15, 0.2) is 72.8 Å². The summed E-state index contributed by atoms with van der Waals surface area (Å²) in [7, 11) is -3.29. The lowest BCUT2D eigenvalue weighted by Gasteiger charge is -2.39. The van der Waals surface area contributed by atoms with Gasteiger partial charge in [0.25, 0.3) is 5.92 Å². The first-order valence-corrected chi connectivity index (χ1v) is 16.6. The van der Waals surface area contributed by atoms with E-state index < -0.39 is 77.4 Å². The number of carbonyl (C=O) groups excluding carboxylic acids is 3. The minimum absolute atomic E-state index is 0.0293. The number of anilines is 1. The fourth-order valence-corrected chi connectivity index (χ4v) is 7.43. The van der Waals surface area contributed by atoms with Crippen molar-refractivity contribution in [1.29, 1.82) is 0 Å². The van der Waals surface area contributed by atoms with Crippen LogP contribution in [0.1, 0.15) is 43.0 Å². The molecule has 2 fully saturated rings. The summed E-state index contributed by atoms with van der Waals surface area (Å²) >= 11 is 6.51. The lowest BCUT2D eigenvalue weighted by molar-refractivity contribution is -0.132. The van der Waals surface area contributed by atoms with Gasteiger partial charge >= 0.3 is 16.3 Å². The van der Waals surface area contributed by atoms with Crippen LogP contribution in [0, 0.1) is 5.82 Å². The van der Waals surface area contributed by atoms with Crippen molar-refractivity contribution in [1.82, 2.24) is 13.9 Å². The lowest BCUT2D eigenvalue weighted by Crippen LogP contribution is -2.55. The second-order valence-electron chi connectivity index (χ2n) is 11.3. The van der Waals surface area contributed by atoms with E-state index in [4.69, 9.17) is 21.1 Å². The third kappa shape index (κ3) is 7.37. The van der Waals surface area contributed by atoms with E-state index in [0.29, 0.717) is 15.6 Å². The number of alkyl halides is 2. The van der Waals surface area contributed by atoms with Gasteiger partial charge in [-0.3, -0.25) is 14.5 Å². The third-order valence-electron chi connectivity index (χ3n) is 8.12. The molecule has 0 spiro atoms. The maximum atomic E-state index is 14.7. The Morgan fingerprint density at radius 1 is 1.10 bits per heavy atom. The fourth-order valence-electron chi connectivity index (χ4n) is 5.59.